The van der Waals surface area contributed by atoms with Crippen molar-refractivity contribution >= 4 is 5.78 Å². The van der Waals surface area contributed by atoms with Gasteiger partial charge in [-0.3, -0.25) is 4.79 Å². The highest BCUT2D eigenvalue weighted by molar-refractivity contribution is 6.04. The van der Waals surface area contributed by atoms with Crippen molar-refractivity contribution in [2.24, 2.45) is 0 Å². The number of ether oxygens (including phenoxy) is 1. The smallest absolute Gasteiger partial charge is 0.380 e. The first kappa shape index (κ1) is 22.2. The molecular formula is C22H25F3O3. The van der Waals surface area contributed by atoms with Crippen LogP contribution in [0.2, 0.25) is 0 Å². The van der Waals surface area contributed by atoms with E-state index in [4.69, 9.17) is 4.74 Å². The number of ketones is 1. The van der Waals surface area contributed by atoms with Crippen LogP contribution in [0.5, 0.6) is 0 Å². The molecule has 0 saturated heterocycles. The van der Waals surface area contributed by atoms with E-state index >= 15 is 0 Å². The van der Waals surface area contributed by atoms with E-state index in [0.717, 1.165) is 12.1 Å². The largest absolute Gasteiger partial charge is 0.416 e. The van der Waals surface area contributed by atoms with Gasteiger partial charge in [-0.2, -0.15) is 13.2 Å². The van der Waals surface area contributed by atoms with Gasteiger partial charge >= 0.3 is 6.18 Å². The molecule has 0 spiro atoms. The summed E-state index contributed by atoms with van der Waals surface area (Å²) in [4.78, 5) is 13.3. The van der Waals surface area contributed by atoms with Crippen molar-refractivity contribution in [1.29, 1.82) is 0 Å². The molecular weight excluding hydrogens is 369 g/mol. The Balaban J connectivity index is 2.72. The third kappa shape index (κ3) is 3.37. The van der Waals surface area contributed by atoms with Gasteiger partial charge in [0.2, 0.25) is 0 Å². The number of carbonyl (C=O) groups excluding carboxylic acids is 1. The van der Waals surface area contributed by atoms with Crippen LogP contribution in [0.25, 0.3) is 0 Å². The predicted octanol–water partition coefficient (Wildman–Crippen LogP) is 5.10. The number of hydrogen-bond acceptors (Lipinski definition) is 3. The minimum Gasteiger partial charge on any atom is -0.380 e. The van der Waals surface area contributed by atoms with Gasteiger partial charge in [-0.1, -0.05) is 32.6 Å². The second kappa shape index (κ2) is 7.70. The minimum absolute atomic E-state index is 0.146. The molecule has 0 radical (unpaired) electrons. The molecule has 0 heterocycles. The van der Waals surface area contributed by atoms with Gasteiger partial charge in [-0.15, -0.1) is 5.73 Å². The van der Waals surface area contributed by atoms with Gasteiger partial charge in [0.05, 0.1) is 5.56 Å². The fraction of sp³-hybridized carbons (Fsp3) is 0.455. The molecule has 152 valence electrons. The molecule has 28 heavy (non-hydrogen) atoms. The van der Waals surface area contributed by atoms with Crippen LogP contribution in [0.4, 0.5) is 13.2 Å². The van der Waals surface area contributed by atoms with Crippen LogP contribution in [0.3, 0.4) is 0 Å². The zero-order chi connectivity index (χ0) is 21.3. The number of rotatable bonds is 5. The van der Waals surface area contributed by atoms with Crippen LogP contribution >= 0.6 is 0 Å². The molecule has 0 aliphatic heterocycles. The zero-order valence-electron chi connectivity index (χ0n) is 16.5. The summed E-state index contributed by atoms with van der Waals surface area (Å²) >= 11 is 0. The highest BCUT2D eigenvalue weighted by Crippen LogP contribution is 2.49. The lowest BCUT2D eigenvalue weighted by atomic mass is 9.64. The lowest BCUT2D eigenvalue weighted by Gasteiger charge is -2.46. The van der Waals surface area contributed by atoms with Crippen molar-refractivity contribution in [3.05, 3.63) is 64.4 Å². The van der Waals surface area contributed by atoms with Gasteiger partial charge in [0.15, 0.2) is 11.4 Å². The van der Waals surface area contributed by atoms with Crippen LogP contribution in [-0.2, 0) is 21.3 Å². The lowest BCUT2D eigenvalue weighted by molar-refractivity contribution is -0.148. The van der Waals surface area contributed by atoms with E-state index in [0.29, 0.717) is 29.6 Å². The number of alkyl halides is 3. The molecule has 0 unspecified atom stereocenters. The Morgan fingerprint density at radius 2 is 1.86 bits per heavy atom. The number of benzene rings is 1. The predicted molar refractivity (Wildman–Crippen MR) is 101 cm³/mol. The Bertz CT molecular complexity index is 845. The first-order chi connectivity index (χ1) is 13.0. The van der Waals surface area contributed by atoms with Crippen molar-refractivity contribution in [2.45, 2.75) is 57.4 Å². The summed E-state index contributed by atoms with van der Waals surface area (Å²) in [5, 5.41) is 11.6. The lowest BCUT2D eigenvalue weighted by Crippen LogP contribution is -2.52. The molecule has 6 heteroatoms. The van der Waals surface area contributed by atoms with E-state index in [1.807, 2.05) is 13.8 Å². The van der Waals surface area contributed by atoms with Crippen molar-refractivity contribution < 1.29 is 27.8 Å². The van der Waals surface area contributed by atoms with Crippen LogP contribution in [0, 0.1) is 0 Å². The monoisotopic (exact) mass is 394 g/mol. The summed E-state index contributed by atoms with van der Waals surface area (Å²) in [6.07, 6.45) is -3.74. The van der Waals surface area contributed by atoms with Crippen LogP contribution in [-0.4, -0.2) is 23.6 Å². The van der Waals surface area contributed by atoms with Crippen LogP contribution in [0.15, 0.2) is 53.3 Å². The molecule has 1 aliphatic rings. The van der Waals surface area contributed by atoms with Gasteiger partial charge in [0.1, 0.15) is 5.60 Å². The molecule has 0 amide bonds. The maximum Gasteiger partial charge on any atom is 0.416 e. The highest BCUT2D eigenvalue weighted by atomic mass is 19.4. The molecule has 3 nitrogen and oxygen atoms in total. The van der Waals surface area contributed by atoms with Crippen molar-refractivity contribution in [1.82, 2.24) is 0 Å². The standard InChI is InChI=1S/C22H25F3O3/c1-6-15(7-2)20(27)13-21(28-5,19(26)14(4)18(20)8-3)16-9-11-17(12-10-16)22(23,24)25/h9-12,27H,1,7-8,13H2,2-5H3/t20-,21+/m1/s1. The Kier molecular flexibility index (Phi) is 6.10. The Hall–Kier alpha value is -2.14. The van der Waals surface area contributed by atoms with Gasteiger partial charge in [0.25, 0.3) is 0 Å². The Labute approximate surface area is 163 Å². The highest BCUT2D eigenvalue weighted by Gasteiger charge is 2.54. The number of hydrogen-bond donors (Lipinski definition) is 1. The number of halogens is 3. The average Bonchev–Trinajstić information content (AvgIpc) is 2.65. The third-order valence-electron chi connectivity index (χ3n) is 5.61. The van der Waals surface area contributed by atoms with Crippen LogP contribution < -0.4 is 0 Å². The molecule has 1 N–H and O–H groups in total. The maximum atomic E-state index is 13.3. The quantitative estimate of drug-likeness (QED) is 0.707. The molecule has 0 saturated carbocycles. The van der Waals surface area contributed by atoms with E-state index in [1.165, 1.54) is 19.2 Å². The second-order valence-electron chi connectivity index (χ2n) is 6.94. The SMILES string of the molecule is C=C=C(CC)[C@]1(O)C[C@](OC)(c2ccc(C(F)(F)F)cc2)C(=O)C(C)=C1CC. The zero-order valence-corrected chi connectivity index (χ0v) is 16.5. The Morgan fingerprint density at radius 3 is 2.25 bits per heavy atom. The van der Waals surface area contributed by atoms with E-state index in [1.54, 1.807) is 6.92 Å². The average molecular weight is 394 g/mol. The molecule has 1 aromatic carbocycles. The fourth-order valence-corrected chi connectivity index (χ4v) is 4.15. The van der Waals surface area contributed by atoms with Crippen molar-refractivity contribution in [2.75, 3.05) is 7.11 Å². The summed E-state index contributed by atoms with van der Waals surface area (Å²) in [6.45, 7) is 8.95. The maximum absolute atomic E-state index is 13.3. The van der Waals surface area contributed by atoms with Gasteiger partial charge in [-0.05, 0) is 48.6 Å². The molecule has 2 atom stereocenters. The van der Waals surface area contributed by atoms with Gasteiger partial charge in [0, 0.05) is 19.1 Å². The summed E-state index contributed by atoms with van der Waals surface area (Å²) in [6, 6.07) is 4.30. The molecule has 0 bridgehead atoms. The van der Waals surface area contributed by atoms with Gasteiger partial charge in [-0.25, -0.2) is 0 Å². The first-order valence-corrected chi connectivity index (χ1v) is 9.11. The normalized spacial score (nSPS) is 25.6. The van der Waals surface area contributed by atoms with Gasteiger partial charge < -0.3 is 9.84 Å². The van der Waals surface area contributed by atoms with Crippen LogP contribution in [0.1, 0.15) is 51.2 Å². The molecule has 1 aliphatic carbocycles. The summed E-state index contributed by atoms with van der Waals surface area (Å²) in [5.74, 6) is -0.365. The number of aliphatic hydroxyl groups is 1. The summed E-state index contributed by atoms with van der Waals surface area (Å²) in [5.41, 5.74) is 0.533. The fourth-order valence-electron chi connectivity index (χ4n) is 4.15. The number of Topliss-reactive ketones (excluding diaryl/α,β-unsaturated/α-hetero) is 1. The topological polar surface area (TPSA) is 46.5 Å². The molecule has 2 rings (SSSR count). The number of carbonyl (C=O) groups is 1. The Morgan fingerprint density at radius 1 is 1.29 bits per heavy atom. The first-order valence-electron chi connectivity index (χ1n) is 9.11. The summed E-state index contributed by atoms with van der Waals surface area (Å²) in [7, 11) is 1.32. The van der Waals surface area contributed by atoms with Crippen molar-refractivity contribution in [3.63, 3.8) is 0 Å². The third-order valence-corrected chi connectivity index (χ3v) is 5.61. The van der Waals surface area contributed by atoms with E-state index in [9.17, 15) is 23.1 Å². The number of methoxy groups -OCH3 is 1. The second-order valence-corrected chi connectivity index (χ2v) is 6.94. The molecule has 0 fully saturated rings. The summed E-state index contributed by atoms with van der Waals surface area (Å²) < 4.78 is 44.4. The van der Waals surface area contributed by atoms with Crippen molar-refractivity contribution in [3.8, 4) is 0 Å². The van der Waals surface area contributed by atoms with E-state index < -0.39 is 22.9 Å². The minimum atomic E-state index is -4.48. The molecule has 0 aromatic heterocycles. The molecule has 1 aromatic rings. The van der Waals surface area contributed by atoms with E-state index in [2.05, 4.69) is 12.3 Å². The van der Waals surface area contributed by atoms with E-state index in [-0.39, 0.29) is 17.8 Å².